The third-order valence-electron chi connectivity index (χ3n) is 3.42. The Kier molecular flexibility index (Phi) is 4.11. The molecule has 0 bridgehead atoms. The predicted octanol–water partition coefficient (Wildman–Crippen LogP) is 0.959. The number of nitrogens with one attached hydrogen (secondary N) is 1. The van der Waals surface area contributed by atoms with Crippen LogP contribution in [0.15, 0.2) is 6.20 Å². The van der Waals surface area contributed by atoms with Crippen LogP contribution in [0.2, 0.25) is 0 Å². The zero-order valence-corrected chi connectivity index (χ0v) is 11.1. The van der Waals surface area contributed by atoms with Crippen molar-refractivity contribution in [1.82, 2.24) is 15.1 Å². The van der Waals surface area contributed by atoms with Crippen LogP contribution in [0.25, 0.3) is 0 Å². The zero-order chi connectivity index (χ0) is 13.9. The fourth-order valence-electron chi connectivity index (χ4n) is 1.44. The summed E-state index contributed by atoms with van der Waals surface area (Å²) in [5, 5.41) is 15.7. The lowest BCUT2D eigenvalue weighted by atomic mass is 9.87. The molecule has 0 aliphatic heterocycles. The van der Waals surface area contributed by atoms with Gasteiger partial charge < -0.3 is 10.4 Å². The molecule has 0 aliphatic carbocycles. The van der Waals surface area contributed by atoms with E-state index in [9.17, 15) is 9.59 Å². The van der Waals surface area contributed by atoms with Gasteiger partial charge >= 0.3 is 5.97 Å². The van der Waals surface area contributed by atoms with Gasteiger partial charge in [-0.15, -0.1) is 0 Å². The molecule has 1 aromatic rings. The summed E-state index contributed by atoms with van der Waals surface area (Å²) in [6.45, 7) is 5.30. The molecule has 18 heavy (non-hydrogen) atoms. The van der Waals surface area contributed by atoms with Crippen LogP contribution in [0.1, 0.15) is 36.3 Å². The molecule has 0 aromatic carbocycles. The highest BCUT2D eigenvalue weighted by Crippen LogP contribution is 2.20. The molecule has 0 saturated heterocycles. The molecule has 1 rings (SSSR count). The predicted molar refractivity (Wildman–Crippen MR) is 66.3 cm³/mol. The number of carbonyl (C=O) groups excluding carboxylic acids is 1. The van der Waals surface area contributed by atoms with Crippen molar-refractivity contribution < 1.29 is 14.7 Å². The van der Waals surface area contributed by atoms with Crippen LogP contribution < -0.4 is 5.32 Å². The number of aromatic nitrogens is 2. The van der Waals surface area contributed by atoms with Crippen molar-refractivity contribution in [2.75, 3.05) is 6.54 Å². The highest BCUT2D eigenvalue weighted by atomic mass is 16.4. The Morgan fingerprint density at radius 2 is 2.17 bits per heavy atom. The number of carbonyl (C=O) groups is 2. The molecule has 0 saturated carbocycles. The molecule has 1 amide bonds. The lowest BCUT2D eigenvalue weighted by Crippen LogP contribution is -2.40. The number of nitrogens with zero attached hydrogens (tertiary/aromatic N) is 2. The van der Waals surface area contributed by atoms with E-state index in [1.54, 1.807) is 32.5 Å². The first-order valence-electron chi connectivity index (χ1n) is 5.82. The molecule has 0 fully saturated rings. The van der Waals surface area contributed by atoms with Gasteiger partial charge in [-0.1, -0.05) is 6.92 Å². The Labute approximate surface area is 106 Å². The molecule has 100 valence electrons. The number of aryl methyl sites for hydroxylation is 1. The first-order valence-corrected chi connectivity index (χ1v) is 5.82. The van der Waals surface area contributed by atoms with Crippen molar-refractivity contribution in [1.29, 1.82) is 0 Å². The molecule has 1 unspecified atom stereocenters. The van der Waals surface area contributed by atoms with E-state index in [1.807, 2.05) is 0 Å². The van der Waals surface area contributed by atoms with Gasteiger partial charge in [-0.2, -0.15) is 5.10 Å². The second kappa shape index (κ2) is 5.20. The molecule has 1 heterocycles. The SMILES string of the molecule is CCC(C)(CNC(=O)c1cnn(C)c1C)C(=O)O. The molecule has 0 aliphatic rings. The Balaban J connectivity index is 2.72. The fraction of sp³-hybridized carbons (Fsp3) is 0.583. The second-order valence-electron chi connectivity index (χ2n) is 4.67. The average Bonchev–Trinajstić information content (AvgIpc) is 2.66. The van der Waals surface area contributed by atoms with Crippen molar-refractivity contribution in [3.8, 4) is 0 Å². The normalized spacial score (nSPS) is 14.0. The van der Waals surface area contributed by atoms with Crippen LogP contribution >= 0.6 is 0 Å². The van der Waals surface area contributed by atoms with Gasteiger partial charge in [0.15, 0.2) is 0 Å². The minimum atomic E-state index is -0.939. The smallest absolute Gasteiger partial charge is 0.311 e. The van der Waals surface area contributed by atoms with Crippen LogP contribution in [0.4, 0.5) is 0 Å². The summed E-state index contributed by atoms with van der Waals surface area (Å²) in [5.41, 5.74) is 0.286. The van der Waals surface area contributed by atoms with Crippen LogP contribution in [0.5, 0.6) is 0 Å². The first-order chi connectivity index (χ1) is 8.31. The van der Waals surface area contributed by atoms with Crippen molar-refractivity contribution in [2.45, 2.75) is 27.2 Å². The number of hydrogen-bond donors (Lipinski definition) is 2. The van der Waals surface area contributed by atoms with Crippen molar-refractivity contribution in [3.05, 3.63) is 17.5 Å². The largest absolute Gasteiger partial charge is 0.481 e. The number of amides is 1. The highest BCUT2D eigenvalue weighted by molar-refractivity contribution is 5.95. The van der Waals surface area contributed by atoms with E-state index in [4.69, 9.17) is 5.11 Å². The van der Waals surface area contributed by atoms with E-state index in [-0.39, 0.29) is 12.5 Å². The minimum absolute atomic E-state index is 0.103. The van der Waals surface area contributed by atoms with Gasteiger partial charge in [0.2, 0.25) is 0 Å². The van der Waals surface area contributed by atoms with E-state index in [0.717, 1.165) is 5.69 Å². The lowest BCUT2D eigenvalue weighted by molar-refractivity contribution is -0.147. The van der Waals surface area contributed by atoms with Gasteiger partial charge in [0.1, 0.15) is 0 Å². The topological polar surface area (TPSA) is 84.2 Å². The lowest BCUT2D eigenvalue weighted by Gasteiger charge is -2.23. The minimum Gasteiger partial charge on any atom is -0.481 e. The van der Waals surface area contributed by atoms with Crippen molar-refractivity contribution in [2.24, 2.45) is 12.5 Å². The number of rotatable bonds is 5. The average molecular weight is 253 g/mol. The summed E-state index contributed by atoms with van der Waals surface area (Å²) < 4.78 is 1.60. The monoisotopic (exact) mass is 253 g/mol. The van der Waals surface area contributed by atoms with Crippen LogP contribution in [-0.2, 0) is 11.8 Å². The molecule has 0 spiro atoms. The van der Waals surface area contributed by atoms with E-state index in [2.05, 4.69) is 10.4 Å². The molecular weight excluding hydrogens is 234 g/mol. The van der Waals surface area contributed by atoms with Crippen LogP contribution in [-0.4, -0.2) is 33.3 Å². The second-order valence-corrected chi connectivity index (χ2v) is 4.67. The molecular formula is C12H19N3O3. The number of carboxylic acids is 1. The van der Waals surface area contributed by atoms with Crippen molar-refractivity contribution in [3.63, 3.8) is 0 Å². The Hall–Kier alpha value is -1.85. The summed E-state index contributed by atoms with van der Waals surface area (Å²) in [6, 6.07) is 0. The summed E-state index contributed by atoms with van der Waals surface area (Å²) in [4.78, 5) is 23.0. The summed E-state index contributed by atoms with van der Waals surface area (Å²) in [5.74, 6) is -1.20. The van der Waals surface area contributed by atoms with Crippen molar-refractivity contribution >= 4 is 11.9 Å². The molecule has 1 atom stereocenters. The maximum atomic E-state index is 11.9. The summed E-state index contributed by atoms with van der Waals surface area (Å²) in [6.07, 6.45) is 1.93. The molecule has 6 nitrogen and oxygen atoms in total. The van der Waals surface area contributed by atoms with E-state index in [1.165, 1.54) is 6.20 Å². The van der Waals surface area contributed by atoms with Gasteiger partial charge in [-0.05, 0) is 20.3 Å². The standard InChI is InChI=1S/C12H19N3O3/c1-5-12(3,11(17)18)7-13-10(16)9-6-14-15(4)8(9)2/h6H,5,7H2,1-4H3,(H,13,16)(H,17,18). The van der Waals surface area contributed by atoms with Gasteiger partial charge in [-0.25, -0.2) is 0 Å². The van der Waals surface area contributed by atoms with Gasteiger partial charge in [0.05, 0.1) is 17.2 Å². The van der Waals surface area contributed by atoms with Gasteiger partial charge in [0, 0.05) is 19.3 Å². The molecule has 0 radical (unpaired) electrons. The van der Waals surface area contributed by atoms with E-state index < -0.39 is 11.4 Å². The van der Waals surface area contributed by atoms with E-state index >= 15 is 0 Å². The Morgan fingerprint density at radius 1 is 1.56 bits per heavy atom. The quantitative estimate of drug-likeness (QED) is 0.818. The van der Waals surface area contributed by atoms with Gasteiger partial charge in [0.25, 0.3) is 5.91 Å². The number of hydrogen-bond acceptors (Lipinski definition) is 3. The maximum absolute atomic E-state index is 11.9. The number of aliphatic carboxylic acids is 1. The Bertz CT molecular complexity index is 467. The van der Waals surface area contributed by atoms with Crippen LogP contribution in [0, 0.1) is 12.3 Å². The summed E-state index contributed by atoms with van der Waals surface area (Å²) in [7, 11) is 1.75. The third-order valence-corrected chi connectivity index (χ3v) is 3.42. The summed E-state index contributed by atoms with van der Waals surface area (Å²) >= 11 is 0. The van der Waals surface area contributed by atoms with E-state index in [0.29, 0.717) is 12.0 Å². The first kappa shape index (κ1) is 14.2. The molecule has 6 heteroatoms. The molecule has 1 aromatic heterocycles. The third kappa shape index (κ3) is 2.69. The zero-order valence-electron chi connectivity index (χ0n) is 11.1. The number of carboxylic acid groups (broad SMARTS) is 1. The van der Waals surface area contributed by atoms with Crippen LogP contribution in [0.3, 0.4) is 0 Å². The van der Waals surface area contributed by atoms with Gasteiger partial charge in [-0.3, -0.25) is 14.3 Å². The fourth-order valence-corrected chi connectivity index (χ4v) is 1.44. The Morgan fingerprint density at radius 3 is 2.56 bits per heavy atom. The maximum Gasteiger partial charge on any atom is 0.311 e. The molecule has 2 N–H and O–H groups in total. The highest BCUT2D eigenvalue weighted by Gasteiger charge is 2.31.